The van der Waals surface area contributed by atoms with E-state index >= 15 is 0 Å². The molecule has 0 saturated carbocycles. The van der Waals surface area contributed by atoms with Crippen molar-refractivity contribution < 1.29 is 14.2 Å². The molecule has 0 bridgehead atoms. The van der Waals surface area contributed by atoms with E-state index in [1.54, 1.807) is 7.11 Å². The van der Waals surface area contributed by atoms with E-state index in [9.17, 15) is 0 Å². The molecule has 3 heteroatoms. The van der Waals surface area contributed by atoms with Gasteiger partial charge in [-0.15, -0.1) is 0 Å². The van der Waals surface area contributed by atoms with E-state index in [-0.39, 0.29) is 18.3 Å². The predicted octanol–water partition coefficient (Wildman–Crippen LogP) is 2.85. The average Bonchev–Trinajstić information content (AvgIpc) is 2.87. The van der Waals surface area contributed by atoms with Crippen molar-refractivity contribution in [1.82, 2.24) is 0 Å². The minimum atomic E-state index is -0.302. The zero-order valence-corrected chi connectivity index (χ0v) is 10.3. The topological polar surface area (TPSA) is 27.7 Å². The Balaban J connectivity index is 1.99. The molecule has 0 N–H and O–H groups in total. The van der Waals surface area contributed by atoms with Gasteiger partial charge in [-0.2, -0.15) is 0 Å². The maximum atomic E-state index is 5.94. The molecule has 0 aromatic heterocycles. The molecule has 2 rings (SSSR count). The summed E-state index contributed by atoms with van der Waals surface area (Å²) >= 11 is 0. The first kappa shape index (κ1) is 12.4. The molecule has 2 radical (unpaired) electrons. The highest BCUT2D eigenvalue weighted by Gasteiger charge is 2.30. The van der Waals surface area contributed by atoms with E-state index in [1.165, 1.54) is 0 Å². The predicted molar refractivity (Wildman–Crippen MR) is 64.6 cm³/mol. The Morgan fingerprint density at radius 1 is 1.41 bits per heavy atom. The van der Waals surface area contributed by atoms with Crippen molar-refractivity contribution in [3.8, 4) is 5.75 Å². The quantitative estimate of drug-likeness (QED) is 0.801. The Labute approximate surface area is 103 Å². The van der Waals surface area contributed by atoms with E-state index in [0.29, 0.717) is 6.61 Å². The average molecular weight is 234 g/mol. The first-order valence-corrected chi connectivity index (χ1v) is 5.91. The second kappa shape index (κ2) is 5.52. The van der Waals surface area contributed by atoms with Crippen LogP contribution in [-0.4, -0.2) is 19.8 Å². The van der Waals surface area contributed by atoms with Crippen LogP contribution in [-0.2, 0) is 9.47 Å². The second-order valence-corrected chi connectivity index (χ2v) is 4.19. The molecule has 0 spiro atoms. The van der Waals surface area contributed by atoms with Crippen molar-refractivity contribution in [3.63, 3.8) is 0 Å². The third kappa shape index (κ3) is 2.79. The zero-order valence-electron chi connectivity index (χ0n) is 10.3. The molecule has 3 nitrogen and oxygen atoms in total. The van der Waals surface area contributed by atoms with Gasteiger partial charge in [0.2, 0.25) is 0 Å². The van der Waals surface area contributed by atoms with Crippen LogP contribution in [0.5, 0.6) is 5.75 Å². The van der Waals surface area contributed by atoms with E-state index < -0.39 is 0 Å². The molecule has 0 aliphatic carbocycles. The number of ether oxygens (including phenoxy) is 3. The summed E-state index contributed by atoms with van der Waals surface area (Å²) in [5.74, 6) is 0.867. The van der Waals surface area contributed by atoms with E-state index in [0.717, 1.165) is 17.7 Å². The summed E-state index contributed by atoms with van der Waals surface area (Å²) in [6, 6.07) is 7.69. The lowest BCUT2D eigenvalue weighted by atomic mass is 10.0. The van der Waals surface area contributed by atoms with Crippen molar-refractivity contribution in [2.75, 3.05) is 13.7 Å². The van der Waals surface area contributed by atoms with E-state index in [4.69, 9.17) is 21.1 Å². The lowest BCUT2D eigenvalue weighted by Crippen LogP contribution is -2.19. The molecule has 1 saturated heterocycles. The standard InChI is InChI=1S/C14H18O3/c1-4-10(2)13-9-16-14(17-13)11-5-7-12(15-3)8-6-11/h2,5-8,10,13-14H,4,9H2,1,3H3. The summed E-state index contributed by atoms with van der Waals surface area (Å²) in [7, 11) is 1.65. The van der Waals surface area contributed by atoms with Crippen LogP contribution >= 0.6 is 0 Å². The number of hydrogen-bond donors (Lipinski definition) is 0. The summed E-state index contributed by atoms with van der Waals surface area (Å²) in [4.78, 5) is 0. The van der Waals surface area contributed by atoms with Crippen LogP contribution in [0.3, 0.4) is 0 Å². The summed E-state index contributed by atoms with van der Waals surface area (Å²) in [5.41, 5.74) is 0.997. The van der Waals surface area contributed by atoms with Gasteiger partial charge in [-0.3, -0.25) is 0 Å². The maximum Gasteiger partial charge on any atom is 0.184 e. The summed E-state index contributed by atoms with van der Waals surface area (Å²) in [5, 5.41) is 0. The molecule has 1 fully saturated rings. The Morgan fingerprint density at radius 3 is 2.71 bits per heavy atom. The smallest absolute Gasteiger partial charge is 0.184 e. The molecule has 1 heterocycles. The highest BCUT2D eigenvalue weighted by Crippen LogP contribution is 2.31. The molecule has 0 amide bonds. The molecule has 17 heavy (non-hydrogen) atoms. The van der Waals surface area contributed by atoms with Crippen molar-refractivity contribution >= 4 is 0 Å². The monoisotopic (exact) mass is 234 g/mol. The Bertz CT molecular complexity index is 347. The Morgan fingerprint density at radius 2 is 2.12 bits per heavy atom. The van der Waals surface area contributed by atoms with Crippen molar-refractivity contribution in [1.29, 1.82) is 0 Å². The molecular weight excluding hydrogens is 216 g/mol. The van der Waals surface area contributed by atoms with Crippen LogP contribution in [0.15, 0.2) is 24.3 Å². The largest absolute Gasteiger partial charge is 0.497 e. The van der Waals surface area contributed by atoms with Gasteiger partial charge in [0.1, 0.15) is 5.75 Å². The van der Waals surface area contributed by atoms with Crippen LogP contribution in [0, 0.1) is 12.8 Å². The second-order valence-electron chi connectivity index (χ2n) is 4.19. The highest BCUT2D eigenvalue weighted by molar-refractivity contribution is 5.28. The molecule has 3 unspecified atom stereocenters. The normalized spacial score (nSPS) is 25.8. The summed E-state index contributed by atoms with van der Waals surface area (Å²) in [6.45, 7) is 8.55. The van der Waals surface area contributed by atoms with Gasteiger partial charge in [-0.1, -0.05) is 25.5 Å². The fourth-order valence-corrected chi connectivity index (χ4v) is 1.84. The van der Waals surface area contributed by atoms with Crippen LogP contribution < -0.4 is 4.74 Å². The van der Waals surface area contributed by atoms with Gasteiger partial charge < -0.3 is 14.2 Å². The van der Waals surface area contributed by atoms with E-state index in [1.807, 2.05) is 24.3 Å². The van der Waals surface area contributed by atoms with Gasteiger partial charge in [0.25, 0.3) is 0 Å². The SMILES string of the molecule is [CH]C(CC)C1COC(c2ccc(OC)cc2)O1. The lowest BCUT2D eigenvalue weighted by Gasteiger charge is -2.16. The van der Waals surface area contributed by atoms with Gasteiger partial charge in [0.15, 0.2) is 6.29 Å². The lowest BCUT2D eigenvalue weighted by molar-refractivity contribution is -0.0666. The first-order chi connectivity index (χ1) is 8.24. The van der Waals surface area contributed by atoms with Crippen molar-refractivity contribution in [2.45, 2.75) is 25.7 Å². The molecule has 1 aliphatic rings. The maximum absolute atomic E-state index is 5.94. The molecule has 92 valence electrons. The van der Waals surface area contributed by atoms with Crippen LogP contribution in [0.1, 0.15) is 25.2 Å². The van der Waals surface area contributed by atoms with Crippen LogP contribution in [0.4, 0.5) is 0 Å². The molecule has 1 aromatic rings. The van der Waals surface area contributed by atoms with Gasteiger partial charge in [0, 0.05) is 5.56 Å². The van der Waals surface area contributed by atoms with Gasteiger partial charge >= 0.3 is 0 Å². The zero-order chi connectivity index (χ0) is 12.3. The van der Waals surface area contributed by atoms with Gasteiger partial charge in [0.05, 0.1) is 19.8 Å². The summed E-state index contributed by atoms with van der Waals surface area (Å²) < 4.78 is 16.5. The number of hydrogen-bond acceptors (Lipinski definition) is 3. The molecule has 3 atom stereocenters. The van der Waals surface area contributed by atoms with Crippen LogP contribution in [0.2, 0.25) is 0 Å². The molecular formula is C14H18O3. The van der Waals surface area contributed by atoms with Crippen molar-refractivity contribution in [3.05, 3.63) is 36.8 Å². The molecule has 1 aromatic carbocycles. The van der Waals surface area contributed by atoms with E-state index in [2.05, 4.69) is 6.92 Å². The minimum Gasteiger partial charge on any atom is -0.497 e. The number of benzene rings is 1. The Hall–Kier alpha value is -1.06. The third-order valence-corrected chi connectivity index (χ3v) is 3.05. The highest BCUT2D eigenvalue weighted by atomic mass is 16.7. The number of rotatable bonds is 4. The Kier molecular flexibility index (Phi) is 4.02. The number of methoxy groups -OCH3 is 1. The fraction of sp³-hybridized carbons (Fsp3) is 0.500. The van der Waals surface area contributed by atoms with Gasteiger partial charge in [-0.05, 0) is 25.0 Å². The fourth-order valence-electron chi connectivity index (χ4n) is 1.84. The minimum absolute atomic E-state index is 0.00731. The summed E-state index contributed by atoms with van der Waals surface area (Å²) in [6.07, 6.45) is 0.583. The van der Waals surface area contributed by atoms with Crippen molar-refractivity contribution in [2.24, 2.45) is 5.92 Å². The first-order valence-electron chi connectivity index (χ1n) is 5.91. The third-order valence-electron chi connectivity index (χ3n) is 3.05. The van der Waals surface area contributed by atoms with Crippen LogP contribution in [0.25, 0.3) is 0 Å². The molecule has 1 aliphatic heterocycles. The van der Waals surface area contributed by atoms with Gasteiger partial charge in [-0.25, -0.2) is 0 Å².